The van der Waals surface area contributed by atoms with Crippen LogP contribution in [-0.4, -0.2) is 41.5 Å². The molecule has 1 saturated heterocycles. The maximum absolute atomic E-state index is 13.6. The van der Waals surface area contributed by atoms with Crippen molar-refractivity contribution in [3.05, 3.63) is 88.4 Å². The molecule has 1 heterocycles. The number of nitrogens with one attached hydrogen (secondary N) is 1. The molecule has 1 aliphatic rings. The maximum Gasteiger partial charge on any atom is 0.257 e. The van der Waals surface area contributed by atoms with E-state index in [1.807, 2.05) is 54.6 Å². The zero-order chi connectivity index (χ0) is 24.9. The van der Waals surface area contributed by atoms with E-state index in [1.54, 1.807) is 30.2 Å². The molecule has 4 rings (SSSR count). The second-order valence-electron chi connectivity index (χ2n) is 7.95. The summed E-state index contributed by atoms with van der Waals surface area (Å²) in [4.78, 5) is 29.4. The van der Waals surface area contributed by atoms with E-state index in [0.29, 0.717) is 23.8 Å². The van der Waals surface area contributed by atoms with Crippen molar-refractivity contribution in [2.24, 2.45) is 0 Å². The minimum Gasteiger partial charge on any atom is -0.497 e. The molecular weight excluding hydrogens is 505 g/mol. The standard InChI is InChI=1S/C26H23Cl2N3O3S/c1-34-19-12-10-18(11-13-19)29-26(35)30(15-14-17-6-3-2-4-7-17)22-16-23(32)31(25(22)33)24-20(27)8-5-9-21(24)28/h2-13,22H,14-16H2,1H3,(H,29,35)/t22-/m1/s1. The number of amides is 2. The van der Waals surface area contributed by atoms with Gasteiger partial charge in [0.15, 0.2) is 5.11 Å². The first-order valence-electron chi connectivity index (χ1n) is 11.0. The van der Waals surface area contributed by atoms with Crippen LogP contribution in [-0.2, 0) is 16.0 Å². The van der Waals surface area contributed by atoms with E-state index in [0.717, 1.165) is 16.2 Å². The summed E-state index contributed by atoms with van der Waals surface area (Å²) in [5.41, 5.74) is 2.03. The number of hydrogen-bond donors (Lipinski definition) is 1. The van der Waals surface area contributed by atoms with Gasteiger partial charge in [-0.3, -0.25) is 9.59 Å². The van der Waals surface area contributed by atoms with Crippen LogP contribution in [0.1, 0.15) is 12.0 Å². The van der Waals surface area contributed by atoms with Gasteiger partial charge in [-0.05, 0) is 60.6 Å². The number of halogens is 2. The number of hydrogen-bond acceptors (Lipinski definition) is 4. The van der Waals surface area contributed by atoms with Gasteiger partial charge in [-0.15, -0.1) is 0 Å². The largest absolute Gasteiger partial charge is 0.497 e. The molecule has 6 nitrogen and oxygen atoms in total. The van der Waals surface area contributed by atoms with Crippen LogP contribution in [0.4, 0.5) is 11.4 Å². The summed E-state index contributed by atoms with van der Waals surface area (Å²) in [6.45, 7) is 0.430. The molecule has 2 amide bonds. The van der Waals surface area contributed by atoms with Crippen molar-refractivity contribution < 1.29 is 14.3 Å². The highest BCUT2D eigenvalue weighted by atomic mass is 35.5. The Morgan fingerprint density at radius 1 is 1.03 bits per heavy atom. The number of anilines is 2. The third kappa shape index (κ3) is 5.59. The monoisotopic (exact) mass is 527 g/mol. The second-order valence-corrected chi connectivity index (χ2v) is 9.15. The lowest BCUT2D eigenvalue weighted by molar-refractivity contribution is -0.122. The van der Waals surface area contributed by atoms with Crippen LogP contribution in [0, 0.1) is 0 Å². The number of methoxy groups -OCH3 is 1. The average molecular weight is 528 g/mol. The van der Waals surface area contributed by atoms with Crippen molar-refractivity contribution >= 4 is 63.7 Å². The van der Waals surface area contributed by atoms with Gasteiger partial charge >= 0.3 is 0 Å². The number of imide groups is 1. The Kier molecular flexibility index (Phi) is 7.90. The Hall–Kier alpha value is -3.13. The Morgan fingerprint density at radius 2 is 1.69 bits per heavy atom. The summed E-state index contributed by atoms with van der Waals surface area (Å²) >= 11 is 18.3. The average Bonchev–Trinajstić information content (AvgIpc) is 3.14. The van der Waals surface area contributed by atoms with Gasteiger partial charge < -0.3 is 15.0 Å². The smallest absolute Gasteiger partial charge is 0.257 e. The van der Waals surface area contributed by atoms with Crippen molar-refractivity contribution in [1.82, 2.24) is 4.90 Å². The fourth-order valence-electron chi connectivity index (χ4n) is 3.96. The molecular formula is C26H23Cl2N3O3S. The van der Waals surface area contributed by atoms with Crippen LogP contribution < -0.4 is 15.0 Å². The van der Waals surface area contributed by atoms with E-state index in [-0.39, 0.29) is 28.1 Å². The van der Waals surface area contributed by atoms with E-state index >= 15 is 0 Å². The number of carbonyl (C=O) groups is 2. The fourth-order valence-corrected chi connectivity index (χ4v) is 4.86. The fraction of sp³-hybridized carbons (Fsp3) is 0.192. The van der Waals surface area contributed by atoms with Gasteiger partial charge in [-0.1, -0.05) is 59.6 Å². The maximum atomic E-state index is 13.6. The third-order valence-corrected chi connectivity index (χ3v) is 6.69. The highest BCUT2D eigenvalue weighted by molar-refractivity contribution is 7.80. The lowest BCUT2D eigenvalue weighted by Gasteiger charge is -2.30. The van der Waals surface area contributed by atoms with Gasteiger partial charge in [0.1, 0.15) is 11.8 Å². The predicted molar refractivity (Wildman–Crippen MR) is 143 cm³/mol. The van der Waals surface area contributed by atoms with Gasteiger partial charge in [0, 0.05) is 12.2 Å². The molecule has 1 aliphatic heterocycles. The lowest BCUT2D eigenvalue weighted by Crippen LogP contribution is -2.48. The minimum atomic E-state index is -0.795. The van der Waals surface area contributed by atoms with E-state index in [9.17, 15) is 9.59 Å². The third-order valence-electron chi connectivity index (χ3n) is 5.75. The molecule has 3 aromatic rings. The molecule has 1 atom stereocenters. The summed E-state index contributed by atoms with van der Waals surface area (Å²) in [6, 6.07) is 21.2. The predicted octanol–water partition coefficient (Wildman–Crippen LogP) is 5.58. The van der Waals surface area contributed by atoms with Crippen molar-refractivity contribution in [2.45, 2.75) is 18.9 Å². The molecule has 0 bridgehead atoms. The molecule has 35 heavy (non-hydrogen) atoms. The summed E-state index contributed by atoms with van der Waals surface area (Å²) in [5, 5.41) is 3.99. The van der Waals surface area contributed by atoms with E-state index < -0.39 is 11.9 Å². The molecule has 0 saturated carbocycles. The van der Waals surface area contributed by atoms with Crippen LogP contribution >= 0.6 is 35.4 Å². The molecule has 0 aromatic heterocycles. The molecule has 0 unspecified atom stereocenters. The minimum absolute atomic E-state index is 0.0421. The van der Waals surface area contributed by atoms with Crippen molar-refractivity contribution in [2.75, 3.05) is 23.9 Å². The first-order valence-corrected chi connectivity index (χ1v) is 12.1. The molecule has 1 fully saturated rings. The van der Waals surface area contributed by atoms with E-state index in [2.05, 4.69) is 5.32 Å². The highest BCUT2D eigenvalue weighted by Gasteiger charge is 2.44. The molecule has 0 radical (unpaired) electrons. The van der Waals surface area contributed by atoms with Crippen LogP contribution in [0.5, 0.6) is 5.75 Å². The zero-order valence-corrected chi connectivity index (χ0v) is 21.2. The molecule has 1 N–H and O–H groups in total. The van der Waals surface area contributed by atoms with Crippen molar-refractivity contribution in [3.63, 3.8) is 0 Å². The van der Waals surface area contributed by atoms with Crippen molar-refractivity contribution in [1.29, 1.82) is 0 Å². The van der Waals surface area contributed by atoms with E-state index in [1.165, 1.54) is 0 Å². The molecule has 3 aromatic carbocycles. The number of carbonyl (C=O) groups excluding carboxylic acids is 2. The first kappa shape index (κ1) is 25.0. The molecule has 0 spiro atoms. The van der Waals surface area contributed by atoms with Crippen LogP contribution in [0.15, 0.2) is 72.8 Å². The van der Waals surface area contributed by atoms with Gasteiger partial charge in [-0.2, -0.15) is 0 Å². The second kappa shape index (κ2) is 11.1. The summed E-state index contributed by atoms with van der Waals surface area (Å²) in [5.74, 6) is -0.0878. The number of rotatable bonds is 7. The van der Waals surface area contributed by atoms with Gasteiger partial charge in [-0.25, -0.2) is 4.90 Å². The summed E-state index contributed by atoms with van der Waals surface area (Å²) < 4.78 is 5.21. The Balaban J connectivity index is 1.61. The molecule has 9 heteroatoms. The van der Waals surface area contributed by atoms with E-state index in [4.69, 9.17) is 40.2 Å². The normalized spacial score (nSPS) is 15.3. The summed E-state index contributed by atoms with van der Waals surface area (Å²) in [6.07, 6.45) is 0.593. The lowest BCUT2D eigenvalue weighted by atomic mass is 10.1. The quantitative estimate of drug-likeness (QED) is 0.320. The molecule has 0 aliphatic carbocycles. The van der Waals surface area contributed by atoms with Gasteiger partial charge in [0.25, 0.3) is 5.91 Å². The van der Waals surface area contributed by atoms with Crippen LogP contribution in [0.3, 0.4) is 0 Å². The topological polar surface area (TPSA) is 61.9 Å². The Labute approximate surface area is 219 Å². The van der Waals surface area contributed by atoms with Crippen LogP contribution in [0.2, 0.25) is 10.0 Å². The number of para-hydroxylation sites is 1. The number of nitrogens with zero attached hydrogens (tertiary/aromatic N) is 2. The SMILES string of the molecule is COc1ccc(NC(=S)N(CCc2ccccc2)[C@@H]2CC(=O)N(c3c(Cl)cccc3Cl)C2=O)cc1. The van der Waals surface area contributed by atoms with Crippen LogP contribution in [0.25, 0.3) is 0 Å². The Morgan fingerprint density at radius 3 is 2.31 bits per heavy atom. The highest BCUT2D eigenvalue weighted by Crippen LogP contribution is 2.37. The zero-order valence-electron chi connectivity index (χ0n) is 18.9. The van der Waals surface area contributed by atoms with Gasteiger partial charge in [0.05, 0.1) is 29.3 Å². The molecule has 180 valence electrons. The number of thiocarbonyl (C=S) groups is 1. The van der Waals surface area contributed by atoms with Gasteiger partial charge in [0.2, 0.25) is 5.91 Å². The summed E-state index contributed by atoms with van der Waals surface area (Å²) in [7, 11) is 1.60. The number of ether oxygens (including phenoxy) is 1. The van der Waals surface area contributed by atoms with Crippen molar-refractivity contribution in [3.8, 4) is 5.75 Å². The first-order chi connectivity index (χ1) is 16.9. The Bertz CT molecular complexity index is 1220. The number of benzene rings is 3.